The first kappa shape index (κ1) is 14.1. The second-order valence-electron chi connectivity index (χ2n) is 3.95. The summed E-state index contributed by atoms with van der Waals surface area (Å²) in [6.45, 7) is 9.17. The Morgan fingerprint density at radius 1 is 1.27 bits per heavy atom. The van der Waals surface area contributed by atoms with Crippen LogP contribution in [-0.2, 0) is 14.3 Å². The Morgan fingerprint density at radius 2 is 1.80 bits per heavy atom. The fourth-order valence-electron chi connectivity index (χ4n) is 1.24. The number of rotatable bonds is 6. The van der Waals surface area contributed by atoms with E-state index in [1.165, 1.54) is 6.92 Å². The van der Waals surface area contributed by atoms with Crippen molar-refractivity contribution in [3.8, 4) is 0 Å². The van der Waals surface area contributed by atoms with E-state index in [2.05, 4.69) is 5.32 Å². The molecule has 4 nitrogen and oxygen atoms in total. The minimum atomic E-state index is -0.539. The Bertz CT molecular complexity index is 226. The summed E-state index contributed by atoms with van der Waals surface area (Å²) in [5, 5.41) is 3.05. The maximum absolute atomic E-state index is 11.6. The zero-order valence-corrected chi connectivity index (χ0v) is 10.2. The van der Waals surface area contributed by atoms with Gasteiger partial charge in [0, 0.05) is 12.0 Å². The zero-order valence-electron chi connectivity index (χ0n) is 10.2. The number of esters is 1. The Balaban J connectivity index is 4.56. The molecule has 0 radical (unpaired) electrons. The van der Waals surface area contributed by atoms with E-state index < -0.39 is 6.04 Å². The van der Waals surface area contributed by atoms with Gasteiger partial charge in [0.05, 0.1) is 6.61 Å². The molecule has 0 aromatic heterocycles. The first-order valence-corrected chi connectivity index (χ1v) is 5.33. The molecule has 88 valence electrons. The lowest BCUT2D eigenvalue weighted by Gasteiger charge is -2.23. The fraction of sp³-hybridized carbons (Fsp3) is 0.818. The van der Waals surface area contributed by atoms with Gasteiger partial charge < -0.3 is 10.1 Å². The molecule has 0 aromatic carbocycles. The van der Waals surface area contributed by atoms with E-state index in [0.29, 0.717) is 6.61 Å². The van der Waals surface area contributed by atoms with E-state index >= 15 is 0 Å². The maximum Gasteiger partial charge on any atom is 0.323 e. The number of carbonyl (C=O) groups excluding carboxylic acids is 2. The van der Waals surface area contributed by atoms with Crippen LogP contribution in [0.2, 0.25) is 0 Å². The molecule has 0 spiro atoms. The van der Waals surface area contributed by atoms with Gasteiger partial charge in [0.2, 0.25) is 0 Å². The molecule has 0 aliphatic heterocycles. The topological polar surface area (TPSA) is 55.4 Å². The minimum Gasteiger partial charge on any atom is -0.465 e. The number of ether oxygens (including phenoxy) is 1. The van der Waals surface area contributed by atoms with E-state index in [1.54, 1.807) is 13.8 Å². The van der Waals surface area contributed by atoms with Gasteiger partial charge in [0.1, 0.15) is 11.8 Å². The highest BCUT2D eigenvalue weighted by atomic mass is 16.5. The van der Waals surface area contributed by atoms with Gasteiger partial charge in [0.25, 0.3) is 0 Å². The van der Waals surface area contributed by atoms with Crippen molar-refractivity contribution < 1.29 is 14.3 Å². The summed E-state index contributed by atoms with van der Waals surface area (Å²) < 4.78 is 4.92. The molecule has 0 aromatic rings. The summed E-state index contributed by atoms with van der Waals surface area (Å²) in [5.74, 6) is -0.721. The smallest absolute Gasteiger partial charge is 0.323 e. The molecule has 2 atom stereocenters. The zero-order chi connectivity index (χ0) is 12.0. The second-order valence-corrected chi connectivity index (χ2v) is 3.95. The molecule has 0 aliphatic rings. The van der Waals surface area contributed by atoms with Gasteiger partial charge in [-0.1, -0.05) is 20.8 Å². The number of ketones is 1. The predicted octanol–water partition coefficient (Wildman–Crippen LogP) is 1.14. The van der Waals surface area contributed by atoms with Crippen LogP contribution in [0.1, 0.15) is 34.6 Å². The van der Waals surface area contributed by atoms with Crippen LogP contribution in [0, 0.1) is 5.92 Å². The molecular formula is C11H21NO3. The first-order valence-electron chi connectivity index (χ1n) is 5.33. The van der Waals surface area contributed by atoms with Crippen molar-refractivity contribution in [2.75, 3.05) is 6.61 Å². The lowest BCUT2D eigenvalue weighted by Crippen LogP contribution is -2.48. The lowest BCUT2D eigenvalue weighted by atomic mass is 9.97. The van der Waals surface area contributed by atoms with Gasteiger partial charge in [-0.25, -0.2) is 0 Å². The van der Waals surface area contributed by atoms with Crippen molar-refractivity contribution in [1.29, 1.82) is 0 Å². The maximum atomic E-state index is 11.6. The van der Waals surface area contributed by atoms with Crippen LogP contribution in [0.15, 0.2) is 0 Å². The van der Waals surface area contributed by atoms with E-state index in [1.807, 2.05) is 13.8 Å². The summed E-state index contributed by atoms with van der Waals surface area (Å²) >= 11 is 0. The number of Topliss-reactive ketones (excluding diaryl/α,β-unsaturated/α-hetero) is 1. The second kappa shape index (κ2) is 6.56. The molecule has 1 N–H and O–H groups in total. The Morgan fingerprint density at radius 3 is 2.13 bits per heavy atom. The molecule has 0 heterocycles. The summed E-state index contributed by atoms with van der Waals surface area (Å²) in [6.07, 6.45) is 0. The van der Waals surface area contributed by atoms with Crippen LogP contribution in [0.25, 0.3) is 0 Å². The van der Waals surface area contributed by atoms with Gasteiger partial charge in [0.15, 0.2) is 0 Å². The van der Waals surface area contributed by atoms with E-state index in [9.17, 15) is 9.59 Å². The Hall–Kier alpha value is -0.900. The van der Waals surface area contributed by atoms with Crippen molar-refractivity contribution in [3.05, 3.63) is 0 Å². The number of nitrogens with one attached hydrogen (secondary N) is 1. The quantitative estimate of drug-likeness (QED) is 0.675. The van der Waals surface area contributed by atoms with Crippen LogP contribution in [0.5, 0.6) is 0 Å². The summed E-state index contributed by atoms with van der Waals surface area (Å²) in [4.78, 5) is 22.8. The van der Waals surface area contributed by atoms with E-state index in [-0.39, 0.29) is 23.7 Å². The van der Waals surface area contributed by atoms with Gasteiger partial charge in [-0.3, -0.25) is 9.59 Å². The highest BCUT2D eigenvalue weighted by Gasteiger charge is 2.29. The molecule has 0 aliphatic carbocycles. The average molecular weight is 215 g/mol. The molecule has 15 heavy (non-hydrogen) atoms. The predicted molar refractivity (Wildman–Crippen MR) is 58.5 cm³/mol. The third-order valence-electron chi connectivity index (χ3n) is 2.19. The molecule has 0 amide bonds. The monoisotopic (exact) mass is 215 g/mol. The van der Waals surface area contributed by atoms with Crippen molar-refractivity contribution in [1.82, 2.24) is 5.32 Å². The molecule has 0 fully saturated rings. The molecule has 0 saturated heterocycles. The number of hydrogen-bond acceptors (Lipinski definition) is 4. The van der Waals surface area contributed by atoms with Crippen LogP contribution in [-0.4, -0.2) is 30.4 Å². The van der Waals surface area contributed by atoms with Crippen molar-refractivity contribution in [2.45, 2.75) is 46.7 Å². The van der Waals surface area contributed by atoms with Gasteiger partial charge in [-0.05, 0) is 13.8 Å². The standard InChI is InChI=1S/C11H21NO3/c1-6-15-11(14)10(12-7(2)3)8(4)9(5)13/h7-8,10,12H,6H2,1-5H3. The van der Waals surface area contributed by atoms with Gasteiger partial charge >= 0.3 is 5.97 Å². The fourth-order valence-corrected chi connectivity index (χ4v) is 1.24. The van der Waals surface area contributed by atoms with Crippen molar-refractivity contribution in [2.24, 2.45) is 5.92 Å². The third-order valence-corrected chi connectivity index (χ3v) is 2.19. The van der Waals surface area contributed by atoms with Gasteiger partial charge in [-0.2, -0.15) is 0 Å². The van der Waals surface area contributed by atoms with Gasteiger partial charge in [-0.15, -0.1) is 0 Å². The van der Waals surface area contributed by atoms with Crippen molar-refractivity contribution in [3.63, 3.8) is 0 Å². The molecular weight excluding hydrogens is 194 g/mol. The highest BCUT2D eigenvalue weighted by Crippen LogP contribution is 2.07. The molecule has 0 saturated carbocycles. The summed E-state index contributed by atoms with van der Waals surface area (Å²) in [6, 6.07) is -0.399. The van der Waals surface area contributed by atoms with Crippen LogP contribution in [0.4, 0.5) is 0 Å². The SMILES string of the molecule is CCOC(=O)C(NC(C)C)C(C)C(C)=O. The van der Waals surface area contributed by atoms with E-state index in [4.69, 9.17) is 4.74 Å². The van der Waals surface area contributed by atoms with Crippen molar-refractivity contribution >= 4 is 11.8 Å². The summed E-state index contributed by atoms with van der Waals surface area (Å²) in [5.41, 5.74) is 0. The largest absolute Gasteiger partial charge is 0.465 e. The lowest BCUT2D eigenvalue weighted by molar-refractivity contribution is -0.149. The Labute approximate surface area is 91.4 Å². The minimum absolute atomic E-state index is 0.0128. The number of carbonyl (C=O) groups is 2. The number of hydrogen-bond donors (Lipinski definition) is 1. The highest BCUT2D eigenvalue weighted by molar-refractivity contribution is 5.87. The molecule has 0 rings (SSSR count). The summed E-state index contributed by atoms with van der Waals surface area (Å²) in [7, 11) is 0. The Kier molecular flexibility index (Phi) is 6.17. The molecule has 2 unspecified atom stereocenters. The normalized spacial score (nSPS) is 14.8. The third kappa shape index (κ3) is 4.93. The van der Waals surface area contributed by atoms with Crippen LogP contribution < -0.4 is 5.32 Å². The van der Waals surface area contributed by atoms with Crippen LogP contribution in [0.3, 0.4) is 0 Å². The molecule has 0 bridgehead atoms. The first-order chi connectivity index (χ1) is 6.90. The average Bonchev–Trinajstić information content (AvgIpc) is 2.13. The molecule has 4 heteroatoms. The van der Waals surface area contributed by atoms with Crippen LogP contribution >= 0.6 is 0 Å². The van der Waals surface area contributed by atoms with E-state index in [0.717, 1.165) is 0 Å².